The third kappa shape index (κ3) is 4.47. The second kappa shape index (κ2) is 7.57. The largest absolute Gasteiger partial charge is 0.509 e. The molecule has 2 amide bonds. The summed E-state index contributed by atoms with van der Waals surface area (Å²) < 4.78 is 10.5. The number of anilines is 2. The molecule has 0 aromatic carbocycles. The maximum absolute atomic E-state index is 12.2. The van der Waals surface area contributed by atoms with Gasteiger partial charge in [-0.15, -0.1) is 0 Å². The summed E-state index contributed by atoms with van der Waals surface area (Å²) in [4.78, 5) is 33.7. The minimum Gasteiger partial charge on any atom is -0.509 e. The van der Waals surface area contributed by atoms with Crippen molar-refractivity contribution < 1.29 is 24.2 Å². The van der Waals surface area contributed by atoms with Crippen molar-refractivity contribution in [3.8, 4) is 0 Å². The van der Waals surface area contributed by atoms with Crippen LogP contribution in [0.5, 0.6) is 0 Å². The van der Waals surface area contributed by atoms with Crippen LogP contribution in [0.25, 0.3) is 0 Å². The van der Waals surface area contributed by atoms with Crippen LogP contribution in [0.4, 0.5) is 21.1 Å². The van der Waals surface area contributed by atoms with Gasteiger partial charge in [0.2, 0.25) is 0 Å². The number of aromatic nitrogens is 1. The molecule has 0 bridgehead atoms. The minimum absolute atomic E-state index is 0.178. The zero-order valence-electron chi connectivity index (χ0n) is 16.4. The van der Waals surface area contributed by atoms with Crippen molar-refractivity contribution in [3.63, 3.8) is 0 Å². The number of piperazine rings is 1. The van der Waals surface area contributed by atoms with Gasteiger partial charge in [-0.3, -0.25) is 4.90 Å². The average Bonchev–Trinajstić information content (AvgIpc) is 3.03. The fraction of sp³-hybridized carbons (Fsp3) is 0.526. The lowest BCUT2D eigenvalue weighted by Crippen LogP contribution is -2.50. The van der Waals surface area contributed by atoms with Crippen LogP contribution in [0.15, 0.2) is 30.7 Å². The second-order valence-electron chi connectivity index (χ2n) is 7.80. The van der Waals surface area contributed by atoms with Crippen molar-refractivity contribution in [2.24, 2.45) is 0 Å². The van der Waals surface area contributed by atoms with Gasteiger partial charge >= 0.3 is 12.2 Å². The van der Waals surface area contributed by atoms with Gasteiger partial charge in [-0.2, -0.15) is 0 Å². The monoisotopic (exact) mass is 390 g/mol. The number of hydrogen-bond donors (Lipinski definition) is 1. The van der Waals surface area contributed by atoms with Crippen molar-refractivity contribution in [2.75, 3.05) is 42.5 Å². The molecule has 3 heterocycles. The molecule has 2 aliphatic rings. The number of pyridine rings is 1. The van der Waals surface area contributed by atoms with E-state index in [1.165, 1.54) is 4.90 Å². The summed E-state index contributed by atoms with van der Waals surface area (Å²) in [5.41, 5.74) is 0.0777. The highest BCUT2D eigenvalue weighted by Gasteiger charge is 2.34. The summed E-state index contributed by atoms with van der Waals surface area (Å²) in [6.45, 7) is 11.5. The third-order valence-electron chi connectivity index (χ3n) is 4.48. The number of cyclic esters (lactones) is 1. The van der Waals surface area contributed by atoms with Crippen molar-refractivity contribution in [1.29, 1.82) is 0 Å². The molecule has 2 aliphatic heterocycles. The standard InChI is InChI=1S/C19H26N4O5/c1-13(24)15-12-23(18(26)27-15)14-5-6-16(20-11-14)21-7-9-22(10-8-21)17(25)28-19(2,3)4/h5-6,11,15,24H,1,7-10,12H2,2-4H3/t15-/m0/s1. The molecular formula is C19H26N4O5. The van der Waals surface area contributed by atoms with Gasteiger partial charge in [-0.05, 0) is 32.9 Å². The highest BCUT2D eigenvalue weighted by atomic mass is 16.6. The van der Waals surface area contributed by atoms with Gasteiger partial charge in [0.1, 0.15) is 17.2 Å². The van der Waals surface area contributed by atoms with Crippen LogP contribution in [0, 0.1) is 0 Å². The fourth-order valence-corrected chi connectivity index (χ4v) is 3.02. The Morgan fingerprint density at radius 1 is 1.29 bits per heavy atom. The predicted molar refractivity (Wildman–Crippen MR) is 104 cm³/mol. The molecule has 1 aromatic heterocycles. The van der Waals surface area contributed by atoms with Gasteiger partial charge in [-0.25, -0.2) is 14.6 Å². The van der Waals surface area contributed by atoms with Crippen molar-refractivity contribution in [3.05, 3.63) is 30.7 Å². The summed E-state index contributed by atoms with van der Waals surface area (Å²) in [5.74, 6) is 0.589. The molecule has 9 heteroatoms. The lowest BCUT2D eigenvalue weighted by Gasteiger charge is -2.36. The lowest BCUT2D eigenvalue weighted by atomic mass is 10.2. The number of carbonyl (C=O) groups is 2. The molecule has 0 saturated carbocycles. The molecule has 0 aliphatic carbocycles. The van der Waals surface area contributed by atoms with E-state index in [0.29, 0.717) is 31.9 Å². The van der Waals surface area contributed by atoms with Crippen molar-refractivity contribution >= 4 is 23.7 Å². The van der Waals surface area contributed by atoms with E-state index in [0.717, 1.165) is 5.82 Å². The number of hydrogen-bond acceptors (Lipinski definition) is 7. The van der Waals surface area contributed by atoms with Crippen LogP contribution in [0.3, 0.4) is 0 Å². The van der Waals surface area contributed by atoms with E-state index in [9.17, 15) is 14.7 Å². The first-order valence-electron chi connectivity index (χ1n) is 9.19. The molecule has 9 nitrogen and oxygen atoms in total. The zero-order chi connectivity index (χ0) is 20.5. The number of ether oxygens (including phenoxy) is 2. The maximum Gasteiger partial charge on any atom is 0.415 e. The first-order chi connectivity index (χ1) is 13.1. The van der Waals surface area contributed by atoms with E-state index in [1.807, 2.05) is 26.8 Å². The molecule has 1 aromatic rings. The second-order valence-corrected chi connectivity index (χ2v) is 7.80. The van der Waals surface area contributed by atoms with Gasteiger partial charge in [-0.1, -0.05) is 6.58 Å². The summed E-state index contributed by atoms with van der Waals surface area (Å²) in [5, 5.41) is 9.41. The van der Waals surface area contributed by atoms with Gasteiger partial charge < -0.3 is 24.4 Å². The van der Waals surface area contributed by atoms with Crippen LogP contribution in [0.2, 0.25) is 0 Å². The quantitative estimate of drug-likeness (QED) is 0.793. The van der Waals surface area contributed by atoms with E-state index in [1.54, 1.807) is 17.2 Å². The summed E-state index contributed by atoms with van der Waals surface area (Å²) >= 11 is 0. The van der Waals surface area contributed by atoms with Crippen molar-refractivity contribution in [2.45, 2.75) is 32.5 Å². The Morgan fingerprint density at radius 2 is 1.96 bits per heavy atom. The lowest BCUT2D eigenvalue weighted by molar-refractivity contribution is 0.0240. The molecule has 3 rings (SSSR count). The Labute approximate surface area is 164 Å². The molecule has 152 valence electrons. The fourth-order valence-electron chi connectivity index (χ4n) is 3.02. The number of aliphatic hydroxyl groups excluding tert-OH is 1. The number of aliphatic hydroxyl groups is 1. The molecule has 2 fully saturated rings. The molecular weight excluding hydrogens is 364 g/mol. The minimum atomic E-state index is -0.729. The van der Waals surface area contributed by atoms with Crippen LogP contribution in [-0.2, 0) is 9.47 Å². The Morgan fingerprint density at radius 3 is 2.46 bits per heavy atom. The highest BCUT2D eigenvalue weighted by molar-refractivity contribution is 5.89. The number of amides is 2. The SMILES string of the molecule is C=C(O)[C@@H]1CN(c2ccc(N3CCN(C(=O)OC(C)(C)C)CC3)nc2)C(=O)O1. The van der Waals surface area contributed by atoms with Crippen molar-refractivity contribution in [1.82, 2.24) is 9.88 Å². The Balaban J connectivity index is 1.57. The molecule has 0 spiro atoms. The molecule has 28 heavy (non-hydrogen) atoms. The van der Waals surface area contributed by atoms with Crippen LogP contribution in [-0.4, -0.2) is 71.6 Å². The van der Waals surface area contributed by atoms with Gasteiger partial charge in [0.05, 0.1) is 18.4 Å². The predicted octanol–water partition coefficient (Wildman–Crippen LogP) is 2.54. The summed E-state index contributed by atoms with van der Waals surface area (Å²) in [6, 6.07) is 3.61. The van der Waals surface area contributed by atoms with Crippen LogP contribution < -0.4 is 9.80 Å². The van der Waals surface area contributed by atoms with E-state index >= 15 is 0 Å². The van der Waals surface area contributed by atoms with E-state index < -0.39 is 17.8 Å². The zero-order valence-corrected chi connectivity index (χ0v) is 16.4. The smallest absolute Gasteiger partial charge is 0.415 e. The first-order valence-corrected chi connectivity index (χ1v) is 9.19. The summed E-state index contributed by atoms with van der Waals surface area (Å²) in [7, 11) is 0. The topological polar surface area (TPSA) is 95.4 Å². The molecule has 0 radical (unpaired) electrons. The third-order valence-corrected chi connectivity index (χ3v) is 4.48. The molecule has 0 unspecified atom stereocenters. The Hall–Kier alpha value is -2.97. The van der Waals surface area contributed by atoms with E-state index in [4.69, 9.17) is 9.47 Å². The summed E-state index contributed by atoms with van der Waals surface area (Å²) in [6.07, 6.45) is 0.0242. The molecule has 1 N–H and O–H groups in total. The van der Waals surface area contributed by atoms with E-state index in [2.05, 4.69) is 16.5 Å². The van der Waals surface area contributed by atoms with Gasteiger partial charge in [0, 0.05) is 26.2 Å². The Kier molecular flexibility index (Phi) is 5.35. The van der Waals surface area contributed by atoms with Gasteiger partial charge in [0.25, 0.3) is 0 Å². The van der Waals surface area contributed by atoms with Crippen LogP contribution >= 0.6 is 0 Å². The maximum atomic E-state index is 12.2. The number of carbonyl (C=O) groups excluding carboxylic acids is 2. The van der Waals surface area contributed by atoms with Crippen LogP contribution in [0.1, 0.15) is 20.8 Å². The highest BCUT2D eigenvalue weighted by Crippen LogP contribution is 2.25. The average molecular weight is 390 g/mol. The number of rotatable bonds is 3. The van der Waals surface area contributed by atoms with E-state index in [-0.39, 0.29) is 18.4 Å². The van der Waals surface area contributed by atoms with Gasteiger partial charge in [0.15, 0.2) is 6.10 Å². The number of nitrogens with zero attached hydrogens (tertiary/aromatic N) is 4. The Bertz CT molecular complexity index is 751. The first kappa shape index (κ1) is 19.8. The molecule has 2 saturated heterocycles. The normalized spacial score (nSPS) is 20.2. The molecule has 1 atom stereocenters.